The number of fused-ring (bicyclic) bond motifs is 2. The van der Waals surface area contributed by atoms with Crippen LogP contribution in [-0.4, -0.2) is 48.6 Å². The largest absolute Gasteiger partial charge is 0.493 e. The number of ether oxygens (including phenoxy) is 2. The topological polar surface area (TPSA) is 63.1 Å². The Morgan fingerprint density at radius 1 is 1.31 bits per heavy atom. The Hall–Kier alpha value is -2.19. The molecule has 0 spiro atoms. The molecule has 0 radical (unpaired) electrons. The van der Waals surface area contributed by atoms with Gasteiger partial charge in [-0.05, 0) is 41.7 Å². The molecule has 3 atom stereocenters. The van der Waals surface area contributed by atoms with E-state index >= 15 is 0 Å². The average molecular weight is 471 g/mol. The summed E-state index contributed by atoms with van der Waals surface area (Å²) in [6.07, 6.45) is -0.276. The summed E-state index contributed by atoms with van der Waals surface area (Å²) in [6.45, 7) is 3.80. The maximum Gasteiger partial charge on any atom is 0.417 e. The number of aliphatic hydroxyl groups is 1. The van der Waals surface area contributed by atoms with Crippen molar-refractivity contribution in [3.05, 3.63) is 52.2 Å². The van der Waals surface area contributed by atoms with Crippen LogP contribution >= 0.6 is 11.6 Å². The number of nitrogens with zero attached hydrogens (tertiary/aromatic N) is 1. The molecule has 174 valence electrons. The van der Waals surface area contributed by atoms with Crippen molar-refractivity contribution in [3.63, 3.8) is 0 Å². The number of methoxy groups -OCH3 is 1. The first-order valence-electron chi connectivity index (χ1n) is 10.4. The van der Waals surface area contributed by atoms with E-state index in [-0.39, 0.29) is 12.1 Å². The van der Waals surface area contributed by atoms with Crippen LogP contribution in [0.15, 0.2) is 41.1 Å². The second kappa shape index (κ2) is 7.99. The quantitative estimate of drug-likeness (QED) is 0.666. The van der Waals surface area contributed by atoms with Crippen LogP contribution in [0.5, 0.6) is 5.75 Å². The maximum atomic E-state index is 14.2. The molecular weight excluding hydrogens is 445 g/mol. The molecule has 0 fully saturated rings. The molecule has 32 heavy (non-hydrogen) atoms. The van der Waals surface area contributed by atoms with Crippen LogP contribution < -0.4 is 10.1 Å². The summed E-state index contributed by atoms with van der Waals surface area (Å²) in [5, 5.41) is 14.5. The normalized spacial score (nSPS) is 24.0. The van der Waals surface area contributed by atoms with Crippen molar-refractivity contribution in [2.45, 2.75) is 62.4 Å². The van der Waals surface area contributed by atoms with Gasteiger partial charge in [0.25, 0.3) is 0 Å². The summed E-state index contributed by atoms with van der Waals surface area (Å²) >= 11 is 6.24. The van der Waals surface area contributed by atoms with Gasteiger partial charge < -0.3 is 19.9 Å². The summed E-state index contributed by atoms with van der Waals surface area (Å²) in [6, 6.07) is 2.77. The van der Waals surface area contributed by atoms with Gasteiger partial charge in [-0.1, -0.05) is 31.5 Å². The van der Waals surface area contributed by atoms with Gasteiger partial charge >= 0.3 is 6.18 Å². The fourth-order valence-corrected chi connectivity index (χ4v) is 4.96. The molecule has 3 unspecified atom stereocenters. The molecule has 0 aromatic heterocycles. The van der Waals surface area contributed by atoms with Gasteiger partial charge in [0.2, 0.25) is 5.90 Å². The first-order chi connectivity index (χ1) is 14.9. The number of nitrogens with one attached hydrogen (secondary N) is 1. The first kappa shape index (κ1) is 23.0. The van der Waals surface area contributed by atoms with Crippen molar-refractivity contribution < 1.29 is 27.8 Å². The Balaban J connectivity index is 1.62. The Kier molecular flexibility index (Phi) is 5.74. The molecule has 3 aliphatic rings. The van der Waals surface area contributed by atoms with Crippen LogP contribution in [0.1, 0.15) is 37.8 Å². The standard InChI is InChI=1S/C23H26ClF3N2O3/c1-21(2,16-9-14(24)8-13-6-7-32-20(13)16)12-22(30,23(25,26)27)11-15-10-18-17(28-15)4-5-19(29-18)31-3/h4-5,8-10,17-18,28,30H,6-7,11-12H2,1-3H3. The zero-order valence-electron chi connectivity index (χ0n) is 18.1. The zero-order chi connectivity index (χ0) is 23.3. The third-order valence-corrected chi connectivity index (χ3v) is 6.46. The zero-order valence-corrected chi connectivity index (χ0v) is 18.8. The van der Waals surface area contributed by atoms with E-state index in [1.54, 1.807) is 44.2 Å². The molecule has 1 aromatic carbocycles. The molecule has 0 saturated heterocycles. The predicted molar refractivity (Wildman–Crippen MR) is 116 cm³/mol. The van der Waals surface area contributed by atoms with Crippen molar-refractivity contribution in [2.24, 2.45) is 4.99 Å². The van der Waals surface area contributed by atoms with Crippen LogP contribution in [0.4, 0.5) is 13.2 Å². The number of alkyl halides is 3. The highest BCUT2D eigenvalue weighted by Crippen LogP contribution is 2.48. The number of rotatable bonds is 5. The fraction of sp³-hybridized carbons (Fsp3) is 0.522. The van der Waals surface area contributed by atoms with E-state index in [1.807, 2.05) is 0 Å². The van der Waals surface area contributed by atoms with Gasteiger partial charge in [-0.2, -0.15) is 13.2 Å². The van der Waals surface area contributed by atoms with Crippen LogP contribution in [0.3, 0.4) is 0 Å². The summed E-state index contributed by atoms with van der Waals surface area (Å²) in [7, 11) is 1.48. The van der Waals surface area contributed by atoms with Crippen LogP contribution in [0, 0.1) is 0 Å². The van der Waals surface area contributed by atoms with Crippen LogP contribution in [0.2, 0.25) is 5.02 Å². The summed E-state index contributed by atoms with van der Waals surface area (Å²) in [5.41, 5.74) is -2.28. The highest BCUT2D eigenvalue weighted by molar-refractivity contribution is 6.30. The van der Waals surface area contributed by atoms with E-state index < -0.39 is 30.0 Å². The number of benzene rings is 1. The highest BCUT2D eigenvalue weighted by atomic mass is 35.5. The average Bonchev–Trinajstić information content (AvgIpc) is 3.30. The maximum absolute atomic E-state index is 14.2. The van der Waals surface area contributed by atoms with E-state index in [1.165, 1.54) is 7.11 Å². The van der Waals surface area contributed by atoms with Gasteiger partial charge in [-0.3, -0.25) is 0 Å². The molecule has 0 amide bonds. The second-order valence-electron chi connectivity index (χ2n) is 9.19. The lowest BCUT2D eigenvalue weighted by atomic mass is 9.73. The predicted octanol–water partition coefficient (Wildman–Crippen LogP) is 4.47. The molecule has 5 nitrogen and oxygen atoms in total. The molecule has 3 heterocycles. The molecule has 0 bridgehead atoms. The lowest BCUT2D eigenvalue weighted by Gasteiger charge is -2.39. The minimum atomic E-state index is -4.85. The van der Waals surface area contributed by atoms with E-state index in [4.69, 9.17) is 21.1 Å². The Labute approximate surface area is 190 Å². The second-order valence-corrected chi connectivity index (χ2v) is 9.63. The van der Waals surface area contributed by atoms with E-state index in [0.717, 1.165) is 5.56 Å². The fourth-order valence-electron chi connectivity index (χ4n) is 4.72. The Morgan fingerprint density at radius 2 is 2.06 bits per heavy atom. The molecule has 9 heteroatoms. The van der Waals surface area contributed by atoms with Gasteiger partial charge in [-0.25, -0.2) is 4.99 Å². The number of aliphatic imine (C=N–C) groups is 1. The molecule has 1 aromatic rings. The number of hydrogen-bond donors (Lipinski definition) is 2. The highest BCUT2D eigenvalue weighted by Gasteiger charge is 2.57. The van der Waals surface area contributed by atoms with E-state index in [0.29, 0.717) is 41.0 Å². The van der Waals surface area contributed by atoms with Gasteiger partial charge in [-0.15, -0.1) is 0 Å². The first-order valence-corrected chi connectivity index (χ1v) is 10.8. The Morgan fingerprint density at radius 3 is 2.75 bits per heavy atom. The Bertz CT molecular complexity index is 1000. The van der Waals surface area contributed by atoms with E-state index in [2.05, 4.69) is 10.3 Å². The number of hydrogen-bond acceptors (Lipinski definition) is 5. The number of dihydropyridines is 1. The third-order valence-electron chi connectivity index (χ3n) is 6.25. The smallest absolute Gasteiger partial charge is 0.417 e. The van der Waals surface area contributed by atoms with Crippen LogP contribution in [-0.2, 0) is 16.6 Å². The SMILES string of the molecule is COC1=NC2C=C(CC(O)(CC(C)(C)c3cc(Cl)cc4c3OCC4)C(F)(F)F)NC2C=C1. The summed E-state index contributed by atoms with van der Waals surface area (Å²) < 4.78 is 53.5. The van der Waals surface area contributed by atoms with Gasteiger partial charge in [0.05, 0.1) is 25.8 Å². The molecule has 0 saturated carbocycles. The van der Waals surface area contributed by atoms with Gasteiger partial charge in [0, 0.05) is 29.1 Å². The van der Waals surface area contributed by atoms with E-state index in [9.17, 15) is 18.3 Å². The van der Waals surface area contributed by atoms with Crippen LogP contribution in [0.25, 0.3) is 0 Å². The lowest BCUT2D eigenvalue weighted by molar-refractivity contribution is -0.266. The van der Waals surface area contributed by atoms with Crippen molar-refractivity contribution in [1.82, 2.24) is 5.32 Å². The number of halogens is 4. The van der Waals surface area contributed by atoms with Crippen molar-refractivity contribution in [3.8, 4) is 5.75 Å². The van der Waals surface area contributed by atoms with Gasteiger partial charge in [0.1, 0.15) is 5.75 Å². The molecule has 2 N–H and O–H groups in total. The van der Waals surface area contributed by atoms with Gasteiger partial charge in [0.15, 0.2) is 5.60 Å². The molecular formula is C23H26ClF3N2O3. The molecule has 3 aliphatic heterocycles. The molecule has 4 rings (SSSR count). The van der Waals surface area contributed by atoms with Crippen molar-refractivity contribution >= 4 is 17.5 Å². The minimum absolute atomic E-state index is 0.265. The van der Waals surface area contributed by atoms with Crippen molar-refractivity contribution in [1.29, 1.82) is 0 Å². The summed E-state index contributed by atoms with van der Waals surface area (Å²) in [4.78, 5) is 4.35. The molecule has 0 aliphatic carbocycles. The third kappa shape index (κ3) is 4.22. The minimum Gasteiger partial charge on any atom is -0.493 e. The summed E-state index contributed by atoms with van der Waals surface area (Å²) in [5.74, 6) is 0.979. The lowest BCUT2D eigenvalue weighted by Crippen LogP contribution is -2.50. The van der Waals surface area contributed by atoms with Crippen molar-refractivity contribution in [2.75, 3.05) is 13.7 Å². The monoisotopic (exact) mass is 470 g/mol.